The summed E-state index contributed by atoms with van der Waals surface area (Å²) in [6.07, 6.45) is 7.02. The average molecular weight is 495 g/mol. The highest BCUT2D eigenvalue weighted by atomic mass is 16.6. The van der Waals surface area contributed by atoms with Crippen LogP contribution < -0.4 is 5.01 Å². The summed E-state index contributed by atoms with van der Waals surface area (Å²) in [5.41, 5.74) is 3.46. The lowest BCUT2D eigenvalue weighted by atomic mass is 9.97. The van der Waals surface area contributed by atoms with Crippen molar-refractivity contribution in [2.24, 2.45) is 5.92 Å². The first-order valence-corrected chi connectivity index (χ1v) is 12.4. The van der Waals surface area contributed by atoms with Crippen LogP contribution in [0.5, 0.6) is 0 Å². The Kier molecular flexibility index (Phi) is 6.93. The van der Waals surface area contributed by atoms with Gasteiger partial charge in [-0.1, -0.05) is 0 Å². The molecule has 0 unspecified atom stereocenters. The molecule has 0 amide bonds. The van der Waals surface area contributed by atoms with Gasteiger partial charge in [0.2, 0.25) is 0 Å². The number of piperidine rings is 1. The standard InChI is InChI=1S/C27H34N4O5/c1-7-35-26(34)23-13-22-12-20(15-30(22)24(17(23)2)18(3)32)21-14-28-31(16-21)29-10-8-19(9-11-29)25(33)36-27(4,5)6/h12-16,19H,7-11H2,1-6H3. The van der Waals surface area contributed by atoms with Gasteiger partial charge in [-0.05, 0) is 65.2 Å². The second-order valence-corrected chi connectivity index (χ2v) is 10.2. The predicted octanol–water partition coefficient (Wildman–Crippen LogP) is 4.18. The maximum absolute atomic E-state index is 12.5. The van der Waals surface area contributed by atoms with Crippen molar-refractivity contribution >= 4 is 23.2 Å². The third-order valence-electron chi connectivity index (χ3n) is 6.38. The fourth-order valence-corrected chi connectivity index (χ4v) is 4.67. The zero-order chi connectivity index (χ0) is 26.2. The Morgan fingerprint density at radius 3 is 2.39 bits per heavy atom. The van der Waals surface area contributed by atoms with Crippen molar-refractivity contribution < 1.29 is 23.9 Å². The highest BCUT2D eigenvalue weighted by molar-refractivity contribution is 6.01. The van der Waals surface area contributed by atoms with Crippen LogP contribution in [0.15, 0.2) is 30.7 Å². The number of hydrogen-bond donors (Lipinski definition) is 0. The Balaban J connectivity index is 1.56. The van der Waals surface area contributed by atoms with Gasteiger partial charge in [0.25, 0.3) is 0 Å². The molecule has 192 valence electrons. The topological polar surface area (TPSA) is 95.1 Å². The summed E-state index contributed by atoms with van der Waals surface area (Å²) < 4.78 is 12.6. The van der Waals surface area contributed by atoms with Crippen LogP contribution in [0.25, 0.3) is 16.6 Å². The van der Waals surface area contributed by atoms with E-state index in [4.69, 9.17) is 9.47 Å². The lowest BCUT2D eigenvalue weighted by Gasteiger charge is -2.33. The van der Waals surface area contributed by atoms with Gasteiger partial charge < -0.3 is 13.9 Å². The number of esters is 2. The second-order valence-electron chi connectivity index (χ2n) is 10.2. The number of hydrogen-bond acceptors (Lipinski definition) is 7. The molecule has 1 aliphatic rings. The first-order chi connectivity index (χ1) is 17.0. The summed E-state index contributed by atoms with van der Waals surface area (Å²) in [6.45, 7) is 12.3. The van der Waals surface area contributed by atoms with E-state index >= 15 is 0 Å². The molecule has 0 aliphatic carbocycles. The highest BCUT2D eigenvalue weighted by Crippen LogP contribution is 2.28. The molecule has 36 heavy (non-hydrogen) atoms. The van der Waals surface area contributed by atoms with Crippen LogP contribution in [-0.4, -0.2) is 57.3 Å². The molecule has 0 spiro atoms. The SMILES string of the molecule is CCOC(=O)c1cc2cc(-c3cnn(N4CCC(C(=O)OC(C)(C)C)CC4)c3)cn2c(C(C)=O)c1C. The quantitative estimate of drug-likeness (QED) is 0.375. The Morgan fingerprint density at radius 1 is 1.08 bits per heavy atom. The molecule has 1 saturated heterocycles. The number of aromatic nitrogens is 3. The van der Waals surface area contributed by atoms with E-state index in [2.05, 4.69) is 10.1 Å². The monoisotopic (exact) mass is 494 g/mol. The van der Waals surface area contributed by atoms with E-state index in [1.165, 1.54) is 6.92 Å². The van der Waals surface area contributed by atoms with Gasteiger partial charge in [-0.3, -0.25) is 14.6 Å². The maximum Gasteiger partial charge on any atom is 0.338 e. The van der Waals surface area contributed by atoms with Crippen LogP contribution in [0, 0.1) is 12.8 Å². The maximum atomic E-state index is 12.5. The predicted molar refractivity (Wildman–Crippen MR) is 136 cm³/mol. The normalized spacial score (nSPS) is 14.8. The number of fused-ring (bicyclic) bond motifs is 1. The molecule has 4 rings (SSSR count). The number of carbonyl (C=O) groups is 3. The summed E-state index contributed by atoms with van der Waals surface area (Å²) in [4.78, 5) is 39.2. The van der Waals surface area contributed by atoms with Gasteiger partial charge in [0.15, 0.2) is 5.78 Å². The second kappa shape index (κ2) is 9.79. The minimum Gasteiger partial charge on any atom is -0.462 e. The molecule has 0 N–H and O–H groups in total. The van der Waals surface area contributed by atoms with Crippen LogP contribution >= 0.6 is 0 Å². The van der Waals surface area contributed by atoms with Crippen molar-refractivity contribution in [2.45, 2.75) is 60.0 Å². The minimum absolute atomic E-state index is 0.103. The molecule has 3 aromatic heterocycles. The van der Waals surface area contributed by atoms with Crippen molar-refractivity contribution in [2.75, 3.05) is 24.7 Å². The molecule has 0 aromatic carbocycles. The van der Waals surface area contributed by atoms with Crippen LogP contribution in [0.3, 0.4) is 0 Å². The third-order valence-corrected chi connectivity index (χ3v) is 6.38. The Hall–Kier alpha value is -3.62. The number of Topliss-reactive ketones (excluding diaryl/α,β-unsaturated/α-hetero) is 1. The van der Waals surface area contributed by atoms with Crippen molar-refractivity contribution in [3.63, 3.8) is 0 Å². The third kappa shape index (κ3) is 5.15. The van der Waals surface area contributed by atoms with Crippen LogP contribution in [0.1, 0.15) is 73.9 Å². The molecule has 3 aromatic rings. The number of ketones is 1. The number of nitrogens with zero attached hydrogens (tertiary/aromatic N) is 4. The molecular weight excluding hydrogens is 460 g/mol. The van der Waals surface area contributed by atoms with Gasteiger partial charge in [0.05, 0.1) is 36.2 Å². The molecule has 1 fully saturated rings. The summed E-state index contributed by atoms with van der Waals surface area (Å²) in [6, 6.07) is 3.69. The Bertz CT molecular complexity index is 1310. The number of rotatable bonds is 6. The van der Waals surface area contributed by atoms with Gasteiger partial charge in [0, 0.05) is 42.9 Å². The molecule has 1 aliphatic heterocycles. The summed E-state index contributed by atoms with van der Waals surface area (Å²) in [7, 11) is 0. The summed E-state index contributed by atoms with van der Waals surface area (Å²) >= 11 is 0. The van der Waals surface area contributed by atoms with E-state index in [9.17, 15) is 14.4 Å². The lowest BCUT2D eigenvalue weighted by molar-refractivity contribution is -0.160. The first-order valence-electron chi connectivity index (χ1n) is 12.4. The molecule has 0 atom stereocenters. The zero-order valence-electron chi connectivity index (χ0n) is 21.8. The van der Waals surface area contributed by atoms with Gasteiger partial charge in [-0.25, -0.2) is 4.79 Å². The molecule has 0 radical (unpaired) electrons. The van der Waals surface area contributed by atoms with Crippen molar-refractivity contribution in [1.29, 1.82) is 0 Å². The molecule has 0 bridgehead atoms. The van der Waals surface area contributed by atoms with E-state index in [0.717, 1.165) is 16.6 Å². The summed E-state index contributed by atoms with van der Waals surface area (Å²) in [5, 5.41) is 6.64. The van der Waals surface area contributed by atoms with E-state index in [0.29, 0.717) is 42.8 Å². The minimum atomic E-state index is -0.482. The van der Waals surface area contributed by atoms with Gasteiger partial charge in [-0.15, -0.1) is 0 Å². The highest BCUT2D eigenvalue weighted by Gasteiger charge is 2.29. The molecule has 9 nitrogen and oxygen atoms in total. The molecule has 0 saturated carbocycles. The largest absolute Gasteiger partial charge is 0.462 e. The average Bonchev–Trinajstić information content (AvgIpc) is 3.44. The Morgan fingerprint density at radius 2 is 1.78 bits per heavy atom. The molecule has 4 heterocycles. The van der Waals surface area contributed by atoms with Gasteiger partial charge in [0.1, 0.15) is 5.60 Å². The smallest absolute Gasteiger partial charge is 0.338 e. The summed E-state index contributed by atoms with van der Waals surface area (Å²) in [5.74, 6) is -0.809. The Labute approximate surface area is 210 Å². The van der Waals surface area contributed by atoms with Gasteiger partial charge in [-0.2, -0.15) is 9.89 Å². The number of carbonyl (C=O) groups excluding carboxylic acids is 3. The van der Waals surface area contributed by atoms with E-state index < -0.39 is 11.6 Å². The van der Waals surface area contributed by atoms with Crippen molar-refractivity contribution in [3.8, 4) is 11.1 Å². The van der Waals surface area contributed by atoms with Crippen molar-refractivity contribution in [3.05, 3.63) is 47.5 Å². The number of pyridine rings is 1. The van der Waals surface area contributed by atoms with E-state index in [1.54, 1.807) is 26.1 Å². The fourth-order valence-electron chi connectivity index (χ4n) is 4.67. The van der Waals surface area contributed by atoms with Gasteiger partial charge >= 0.3 is 11.9 Å². The van der Waals surface area contributed by atoms with Crippen LogP contribution in [0.4, 0.5) is 0 Å². The van der Waals surface area contributed by atoms with Crippen LogP contribution in [-0.2, 0) is 14.3 Å². The van der Waals surface area contributed by atoms with E-state index in [1.807, 2.05) is 48.4 Å². The first kappa shape index (κ1) is 25.5. The zero-order valence-corrected chi connectivity index (χ0v) is 21.8. The molecular formula is C27H34N4O5. The van der Waals surface area contributed by atoms with E-state index in [-0.39, 0.29) is 24.3 Å². The van der Waals surface area contributed by atoms with Crippen LogP contribution in [0.2, 0.25) is 0 Å². The van der Waals surface area contributed by atoms with Crippen molar-refractivity contribution in [1.82, 2.24) is 14.3 Å². The fraction of sp³-hybridized carbons (Fsp3) is 0.481. The number of ether oxygens (including phenoxy) is 2. The molecule has 9 heteroatoms. The lowest BCUT2D eigenvalue weighted by Crippen LogP contribution is -2.44.